The van der Waals surface area contributed by atoms with Crippen LogP contribution in [0.4, 0.5) is 0 Å². The molecular weight excluding hydrogens is 324 g/mol. The van der Waals surface area contributed by atoms with Gasteiger partial charge in [0.05, 0.1) is 5.01 Å². The zero-order valence-electron chi connectivity index (χ0n) is 13.9. The predicted molar refractivity (Wildman–Crippen MR) is 94.2 cm³/mol. The second-order valence-corrected chi connectivity index (χ2v) is 7.66. The van der Waals surface area contributed by atoms with Crippen molar-refractivity contribution >= 4 is 17.2 Å². The Morgan fingerprint density at radius 2 is 2.38 bits per heavy atom. The van der Waals surface area contributed by atoms with Crippen LogP contribution in [0.5, 0.6) is 0 Å². The average Bonchev–Trinajstić information content (AvgIpc) is 2.95. The van der Waals surface area contributed by atoms with Gasteiger partial charge in [0.2, 0.25) is 0 Å². The second kappa shape index (κ2) is 7.27. The van der Waals surface area contributed by atoms with Gasteiger partial charge in [-0.3, -0.25) is 14.5 Å². The molecule has 1 aliphatic heterocycles. The maximum Gasteiger partial charge on any atom is 0.260 e. The summed E-state index contributed by atoms with van der Waals surface area (Å²) in [5.41, 5.74) is -0.173. The summed E-state index contributed by atoms with van der Waals surface area (Å²) in [5.74, 6) is 0.0414. The third-order valence-corrected chi connectivity index (χ3v) is 5.31. The van der Waals surface area contributed by atoms with E-state index in [0.29, 0.717) is 5.92 Å². The number of hydrogen-bond donors (Lipinski definition) is 2. The lowest BCUT2D eigenvalue weighted by Gasteiger charge is -2.37. The van der Waals surface area contributed by atoms with Crippen molar-refractivity contribution in [3.63, 3.8) is 0 Å². The Labute approximate surface area is 144 Å². The number of piperidine rings is 1. The first-order valence-corrected chi connectivity index (χ1v) is 8.97. The van der Waals surface area contributed by atoms with E-state index in [1.165, 1.54) is 11.1 Å². The number of nitrogens with zero attached hydrogens (tertiary/aromatic N) is 2. The zero-order chi connectivity index (χ0) is 17.1. The molecule has 2 aromatic rings. The summed E-state index contributed by atoms with van der Waals surface area (Å²) >= 11 is 1.73. The summed E-state index contributed by atoms with van der Waals surface area (Å²) in [6.07, 6.45) is 4.36. The maximum absolute atomic E-state index is 12.3. The Morgan fingerprint density at radius 1 is 1.54 bits per heavy atom. The molecule has 0 aromatic carbocycles. The fraction of sp³-hybridized carbons (Fsp3) is 0.471. The van der Waals surface area contributed by atoms with Crippen molar-refractivity contribution in [3.05, 3.63) is 50.3 Å². The molecule has 1 saturated heterocycles. The summed E-state index contributed by atoms with van der Waals surface area (Å²) < 4.78 is 0. The number of aromatic nitrogens is 2. The van der Waals surface area contributed by atoms with Gasteiger partial charge in [-0.2, -0.15) is 0 Å². The van der Waals surface area contributed by atoms with Crippen molar-refractivity contribution in [1.29, 1.82) is 0 Å². The summed E-state index contributed by atoms with van der Waals surface area (Å²) in [6.45, 7) is 6.92. The van der Waals surface area contributed by atoms with Crippen LogP contribution in [-0.4, -0.2) is 39.9 Å². The van der Waals surface area contributed by atoms with Gasteiger partial charge < -0.3 is 10.3 Å². The number of thiazole rings is 1. The van der Waals surface area contributed by atoms with Crippen molar-refractivity contribution in [3.8, 4) is 0 Å². The van der Waals surface area contributed by atoms with Crippen LogP contribution in [0.3, 0.4) is 0 Å². The van der Waals surface area contributed by atoms with Crippen molar-refractivity contribution in [2.45, 2.75) is 32.9 Å². The van der Waals surface area contributed by atoms with Crippen LogP contribution in [0, 0.1) is 12.8 Å². The Morgan fingerprint density at radius 3 is 3.04 bits per heavy atom. The number of amides is 1. The van der Waals surface area contributed by atoms with Crippen LogP contribution in [0.2, 0.25) is 0 Å². The second-order valence-electron chi connectivity index (χ2n) is 6.34. The molecule has 128 valence electrons. The van der Waals surface area contributed by atoms with E-state index in [-0.39, 0.29) is 23.1 Å². The largest absolute Gasteiger partial charge is 0.349 e. The molecule has 24 heavy (non-hydrogen) atoms. The number of pyridine rings is 1. The van der Waals surface area contributed by atoms with Gasteiger partial charge in [-0.1, -0.05) is 6.92 Å². The number of carbonyl (C=O) groups excluding carboxylic acids is 1. The van der Waals surface area contributed by atoms with Crippen molar-refractivity contribution in [2.75, 3.05) is 13.1 Å². The lowest BCUT2D eigenvalue weighted by Crippen LogP contribution is -2.50. The molecule has 6 nitrogen and oxygen atoms in total. The molecule has 3 rings (SSSR count). The van der Waals surface area contributed by atoms with Crippen LogP contribution < -0.4 is 10.9 Å². The molecule has 1 fully saturated rings. The van der Waals surface area contributed by atoms with E-state index >= 15 is 0 Å². The Balaban J connectivity index is 1.57. The molecule has 2 atom stereocenters. The highest BCUT2D eigenvalue weighted by Gasteiger charge is 2.28. The van der Waals surface area contributed by atoms with Crippen molar-refractivity contribution in [2.24, 2.45) is 5.92 Å². The van der Waals surface area contributed by atoms with Gasteiger partial charge in [0.1, 0.15) is 5.56 Å². The normalized spacial score (nSPS) is 21.6. The van der Waals surface area contributed by atoms with Crippen LogP contribution in [0.1, 0.15) is 33.6 Å². The van der Waals surface area contributed by atoms with Gasteiger partial charge in [-0.05, 0) is 31.4 Å². The maximum atomic E-state index is 12.3. The van der Waals surface area contributed by atoms with E-state index in [0.717, 1.165) is 31.1 Å². The quantitative estimate of drug-likeness (QED) is 0.885. The number of likely N-dealkylation sites (tertiary alicyclic amines) is 1. The summed E-state index contributed by atoms with van der Waals surface area (Å²) in [6, 6.07) is 3.32. The molecule has 2 N–H and O–H groups in total. The topological polar surface area (TPSA) is 78.1 Å². The Bertz CT molecular complexity index is 770. The minimum Gasteiger partial charge on any atom is -0.349 e. The zero-order valence-corrected chi connectivity index (χ0v) is 14.7. The van der Waals surface area contributed by atoms with Crippen LogP contribution in [0.15, 0.2) is 29.3 Å². The molecule has 0 bridgehead atoms. The molecule has 7 heteroatoms. The van der Waals surface area contributed by atoms with Gasteiger partial charge in [0.25, 0.3) is 11.5 Å². The van der Waals surface area contributed by atoms with Gasteiger partial charge in [-0.25, -0.2) is 4.98 Å². The monoisotopic (exact) mass is 346 g/mol. The molecule has 2 aromatic heterocycles. The molecular formula is C17H22N4O2S. The van der Waals surface area contributed by atoms with E-state index in [9.17, 15) is 9.59 Å². The molecule has 3 heterocycles. The van der Waals surface area contributed by atoms with Crippen molar-refractivity contribution in [1.82, 2.24) is 20.2 Å². The molecule has 0 saturated carbocycles. The highest BCUT2D eigenvalue weighted by atomic mass is 32.1. The predicted octanol–water partition coefficient (Wildman–Crippen LogP) is 1.78. The van der Waals surface area contributed by atoms with E-state index < -0.39 is 0 Å². The minimum atomic E-state index is -0.347. The fourth-order valence-electron chi connectivity index (χ4n) is 3.14. The number of rotatable bonds is 4. The number of hydrogen-bond acceptors (Lipinski definition) is 5. The molecule has 1 amide bonds. The van der Waals surface area contributed by atoms with Gasteiger partial charge in [-0.15, -0.1) is 11.3 Å². The average molecular weight is 346 g/mol. The van der Waals surface area contributed by atoms with Crippen LogP contribution in [-0.2, 0) is 6.54 Å². The smallest absolute Gasteiger partial charge is 0.260 e. The van der Waals surface area contributed by atoms with E-state index in [4.69, 9.17) is 0 Å². The summed E-state index contributed by atoms with van der Waals surface area (Å²) in [4.78, 5) is 34.5. The molecule has 1 aliphatic rings. The number of nitrogens with one attached hydrogen (secondary N) is 2. The number of aryl methyl sites for hydroxylation is 1. The van der Waals surface area contributed by atoms with Gasteiger partial charge >= 0.3 is 0 Å². The standard InChI is InChI=1S/C17H22N4O2S/c1-11-9-21(10-13-8-19-12(2)24-13)7-5-15(11)20-17(23)14-4-3-6-18-16(14)22/h3-4,6,8,11,15H,5,7,9-10H2,1-2H3,(H,18,22)(H,20,23)/t11-,15+/m0/s1. The van der Waals surface area contributed by atoms with Crippen LogP contribution >= 0.6 is 11.3 Å². The number of aromatic amines is 1. The highest BCUT2D eigenvalue weighted by Crippen LogP contribution is 2.21. The minimum absolute atomic E-state index is 0.0940. The third-order valence-electron chi connectivity index (χ3n) is 4.42. The fourth-order valence-corrected chi connectivity index (χ4v) is 3.97. The first-order chi connectivity index (χ1) is 11.5. The number of H-pyrrole nitrogens is 1. The molecule has 0 aliphatic carbocycles. The molecule has 0 spiro atoms. The number of carbonyl (C=O) groups is 1. The van der Waals surface area contributed by atoms with E-state index in [1.54, 1.807) is 23.5 Å². The Hall–Kier alpha value is -1.99. The SMILES string of the molecule is Cc1ncc(CN2CC[C@@H](NC(=O)c3ccc[nH]c3=O)[C@@H](C)C2)s1. The first-order valence-electron chi connectivity index (χ1n) is 8.15. The third kappa shape index (κ3) is 3.91. The van der Waals surface area contributed by atoms with Gasteiger partial charge in [0, 0.05) is 42.9 Å². The lowest BCUT2D eigenvalue weighted by molar-refractivity contribution is 0.0860. The van der Waals surface area contributed by atoms with E-state index in [1.807, 2.05) is 13.1 Å². The van der Waals surface area contributed by atoms with Crippen molar-refractivity contribution < 1.29 is 4.79 Å². The van der Waals surface area contributed by atoms with E-state index in [2.05, 4.69) is 27.1 Å². The lowest BCUT2D eigenvalue weighted by atomic mass is 9.93. The van der Waals surface area contributed by atoms with Gasteiger partial charge in [0.15, 0.2) is 0 Å². The Kier molecular flexibility index (Phi) is 5.11. The summed E-state index contributed by atoms with van der Waals surface area (Å²) in [7, 11) is 0. The van der Waals surface area contributed by atoms with Crippen LogP contribution in [0.25, 0.3) is 0 Å². The summed E-state index contributed by atoms with van der Waals surface area (Å²) in [5, 5.41) is 4.11. The molecule has 0 unspecified atom stereocenters. The first kappa shape index (κ1) is 16.9. The molecule has 0 radical (unpaired) electrons. The highest BCUT2D eigenvalue weighted by molar-refractivity contribution is 7.11.